The van der Waals surface area contributed by atoms with E-state index in [9.17, 15) is 9.59 Å². The highest BCUT2D eigenvalue weighted by atomic mass is 35.5. The highest BCUT2D eigenvalue weighted by molar-refractivity contribution is 6.42. The summed E-state index contributed by atoms with van der Waals surface area (Å²) < 4.78 is 5.35. The van der Waals surface area contributed by atoms with Crippen LogP contribution >= 0.6 is 23.2 Å². The van der Waals surface area contributed by atoms with Crippen molar-refractivity contribution in [1.29, 1.82) is 0 Å². The van der Waals surface area contributed by atoms with E-state index in [0.29, 0.717) is 15.7 Å². The van der Waals surface area contributed by atoms with Gasteiger partial charge in [0.15, 0.2) is 0 Å². The molecule has 21 heavy (non-hydrogen) atoms. The SMILES string of the molecule is O=C(Nc1ccc(Cl)c(Cl)c1)C1C2CC3OC(=O)C1C3C2. The van der Waals surface area contributed by atoms with E-state index in [1.54, 1.807) is 18.2 Å². The fraction of sp³-hybridized carbons (Fsp3) is 0.467. The monoisotopic (exact) mass is 325 g/mol. The van der Waals surface area contributed by atoms with Gasteiger partial charge in [-0.1, -0.05) is 23.2 Å². The number of benzene rings is 1. The molecule has 1 amide bonds. The van der Waals surface area contributed by atoms with E-state index < -0.39 is 0 Å². The Labute approximate surface area is 131 Å². The molecule has 1 aliphatic heterocycles. The zero-order chi connectivity index (χ0) is 14.7. The minimum atomic E-state index is -0.282. The molecule has 1 aromatic carbocycles. The zero-order valence-electron chi connectivity index (χ0n) is 11.0. The van der Waals surface area contributed by atoms with Gasteiger partial charge in [-0.25, -0.2) is 0 Å². The lowest BCUT2D eigenvalue weighted by atomic mass is 9.79. The predicted molar refractivity (Wildman–Crippen MR) is 78.2 cm³/mol. The van der Waals surface area contributed by atoms with Gasteiger partial charge >= 0.3 is 5.97 Å². The summed E-state index contributed by atoms with van der Waals surface area (Å²) in [6.07, 6.45) is 1.77. The summed E-state index contributed by atoms with van der Waals surface area (Å²) in [6, 6.07) is 4.96. The second-order valence-corrected chi connectivity index (χ2v) is 6.85. The summed E-state index contributed by atoms with van der Waals surface area (Å²) >= 11 is 11.8. The van der Waals surface area contributed by atoms with Crippen molar-refractivity contribution in [3.8, 4) is 0 Å². The Bertz CT molecular complexity index is 646. The summed E-state index contributed by atoms with van der Waals surface area (Å²) in [6.45, 7) is 0. The molecule has 4 nitrogen and oxygen atoms in total. The molecule has 1 aromatic rings. The molecule has 1 heterocycles. The highest BCUT2D eigenvalue weighted by Gasteiger charge is 2.63. The predicted octanol–water partition coefficient (Wildman–Crippen LogP) is 3.13. The van der Waals surface area contributed by atoms with Crippen LogP contribution in [0.2, 0.25) is 10.0 Å². The lowest BCUT2D eigenvalue weighted by Gasteiger charge is -2.23. The van der Waals surface area contributed by atoms with E-state index in [0.717, 1.165) is 12.8 Å². The molecule has 6 heteroatoms. The second kappa shape index (κ2) is 4.62. The van der Waals surface area contributed by atoms with Crippen LogP contribution in [0.5, 0.6) is 0 Å². The first-order chi connectivity index (χ1) is 10.0. The van der Waals surface area contributed by atoms with E-state index >= 15 is 0 Å². The van der Waals surface area contributed by atoms with Crippen molar-refractivity contribution in [2.45, 2.75) is 18.9 Å². The molecule has 2 aliphatic carbocycles. The van der Waals surface area contributed by atoms with Gasteiger partial charge in [0.05, 0.1) is 21.9 Å². The molecule has 2 saturated carbocycles. The largest absolute Gasteiger partial charge is 0.462 e. The van der Waals surface area contributed by atoms with Crippen LogP contribution in [-0.2, 0) is 14.3 Å². The second-order valence-electron chi connectivity index (χ2n) is 6.04. The van der Waals surface area contributed by atoms with Crippen molar-refractivity contribution < 1.29 is 14.3 Å². The van der Waals surface area contributed by atoms with Crippen LogP contribution in [0.3, 0.4) is 0 Å². The van der Waals surface area contributed by atoms with Gasteiger partial charge in [-0.15, -0.1) is 0 Å². The average Bonchev–Trinajstić information content (AvgIpc) is 3.04. The Morgan fingerprint density at radius 1 is 1.24 bits per heavy atom. The summed E-state index contributed by atoms with van der Waals surface area (Å²) in [7, 11) is 0. The minimum Gasteiger partial charge on any atom is -0.462 e. The minimum absolute atomic E-state index is 0.0431. The number of nitrogens with one attached hydrogen (secondary N) is 1. The Balaban J connectivity index is 1.55. The third-order valence-electron chi connectivity index (χ3n) is 4.97. The number of ether oxygens (including phenoxy) is 1. The van der Waals surface area contributed by atoms with Gasteiger partial charge in [-0.2, -0.15) is 0 Å². The van der Waals surface area contributed by atoms with Crippen molar-refractivity contribution in [2.24, 2.45) is 23.7 Å². The van der Waals surface area contributed by atoms with E-state index in [4.69, 9.17) is 27.9 Å². The lowest BCUT2D eigenvalue weighted by Crippen LogP contribution is -2.35. The number of rotatable bonds is 2. The van der Waals surface area contributed by atoms with Crippen LogP contribution in [-0.4, -0.2) is 18.0 Å². The van der Waals surface area contributed by atoms with Gasteiger partial charge < -0.3 is 10.1 Å². The van der Waals surface area contributed by atoms with Crippen LogP contribution in [0.4, 0.5) is 5.69 Å². The molecular formula is C15H13Cl2NO3. The summed E-state index contributed by atoms with van der Waals surface area (Å²) in [4.78, 5) is 24.5. The van der Waals surface area contributed by atoms with Gasteiger partial charge in [0.2, 0.25) is 5.91 Å². The van der Waals surface area contributed by atoms with E-state index in [2.05, 4.69) is 5.32 Å². The quantitative estimate of drug-likeness (QED) is 0.850. The van der Waals surface area contributed by atoms with Gasteiger partial charge in [0.25, 0.3) is 0 Å². The number of amides is 1. The Morgan fingerprint density at radius 2 is 2.05 bits per heavy atom. The van der Waals surface area contributed by atoms with Crippen molar-refractivity contribution in [2.75, 3.05) is 5.32 Å². The maximum atomic E-state index is 12.5. The number of esters is 1. The standard InChI is InChI=1S/C15H13Cl2NO3/c16-9-2-1-7(5-10(9)17)18-14(19)12-6-3-8-11(4-6)21-15(20)13(8)12/h1-2,5-6,8,11-13H,3-4H2,(H,18,19). The maximum absolute atomic E-state index is 12.5. The van der Waals surface area contributed by atoms with E-state index in [-0.39, 0.29) is 41.7 Å². The topological polar surface area (TPSA) is 55.4 Å². The fourth-order valence-electron chi connectivity index (χ4n) is 4.16. The third-order valence-corrected chi connectivity index (χ3v) is 5.71. The van der Waals surface area contributed by atoms with Gasteiger partial charge in [-0.05, 0) is 37.0 Å². The molecule has 0 radical (unpaired) electrons. The van der Waals surface area contributed by atoms with E-state index in [1.165, 1.54) is 0 Å². The van der Waals surface area contributed by atoms with Crippen molar-refractivity contribution in [3.05, 3.63) is 28.2 Å². The average molecular weight is 326 g/mol. The molecule has 110 valence electrons. The van der Waals surface area contributed by atoms with Gasteiger partial charge in [0.1, 0.15) is 6.10 Å². The first-order valence-electron chi connectivity index (χ1n) is 7.01. The number of carbonyl (C=O) groups excluding carboxylic acids is 2. The number of anilines is 1. The summed E-state index contributed by atoms with van der Waals surface area (Å²) in [5, 5.41) is 3.68. The number of fused-ring (bicyclic) bond motifs is 1. The van der Waals surface area contributed by atoms with Crippen LogP contribution in [0.25, 0.3) is 0 Å². The van der Waals surface area contributed by atoms with Crippen molar-refractivity contribution in [1.82, 2.24) is 0 Å². The highest BCUT2D eigenvalue weighted by Crippen LogP contribution is 2.57. The molecule has 1 N–H and O–H groups in total. The Hall–Kier alpha value is -1.26. The van der Waals surface area contributed by atoms with Crippen LogP contribution in [0.15, 0.2) is 18.2 Å². The molecule has 5 atom stereocenters. The first-order valence-corrected chi connectivity index (χ1v) is 7.76. The molecule has 3 fully saturated rings. The Kier molecular flexibility index (Phi) is 2.95. The zero-order valence-corrected chi connectivity index (χ0v) is 12.5. The normalized spacial score (nSPS) is 35.9. The lowest BCUT2D eigenvalue weighted by molar-refractivity contribution is -0.145. The number of carbonyl (C=O) groups is 2. The molecule has 5 unspecified atom stereocenters. The maximum Gasteiger partial charge on any atom is 0.310 e. The molecule has 2 bridgehead atoms. The fourth-order valence-corrected chi connectivity index (χ4v) is 4.46. The third kappa shape index (κ3) is 1.96. The smallest absolute Gasteiger partial charge is 0.310 e. The summed E-state index contributed by atoms with van der Waals surface area (Å²) in [5.41, 5.74) is 0.597. The number of hydrogen-bond donors (Lipinski definition) is 1. The Morgan fingerprint density at radius 3 is 2.81 bits per heavy atom. The number of hydrogen-bond acceptors (Lipinski definition) is 3. The first kappa shape index (κ1) is 13.4. The van der Waals surface area contributed by atoms with Crippen molar-refractivity contribution >= 4 is 40.8 Å². The van der Waals surface area contributed by atoms with Gasteiger partial charge in [0, 0.05) is 11.6 Å². The molecule has 3 aliphatic rings. The molecule has 1 saturated heterocycles. The molecular weight excluding hydrogens is 313 g/mol. The van der Waals surface area contributed by atoms with Crippen LogP contribution in [0, 0.1) is 23.7 Å². The van der Waals surface area contributed by atoms with Crippen LogP contribution < -0.4 is 5.32 Å². The van der Waals surface area contributed by atoms with E-state index in [1.807, 2.05) is 0 Å². The van der Waals surface area contributed by atoms with Gasteiger partial charge in [-0.3, -0.25) is 9.59 Å². The molecule has 4 rings (SSSR count). The summed E-state index contributed by atoms with van der Waals surface area (Å²) in [5.74, 6) is -0.402. The number of halogens is 2. The molecule has 0 spiro atoms. The van der Waals surface area contributed by atoms with Crippen molar-refractivity contribution in [3.63, 3.8) is 0 Å². The van der Waals surface area contributed by atoms with Crippen LogP contribution in [0.1, 0.15) is 12.8 Å². The molecule has 0 aromatic heterocycles.